The summed E-state index contributed by atoms with van der Waals surface area (Å²) in [5.41, 5.74) is 0.514. The van der Waals surface area contributed by atoms with E-state index in [9.17, 15) is 16.8 Å². The minimum absolute atomic E-state index is 0.0182. The summed E-state index contributed by atoms with van der Waals surface area (Å²) in [5.74, 6) is 0. The summed E-state index contributed by atoms with van der Waals surface area (Å²) in [6.07, 6.45) is 0. The Hall–Kier alpha value is -1.71. The summed E-state index contributed by atoms with van der Waals surface area (Å²) in [7, 11) is -7.67. The lowest BCUT2D eigenvalue weighted by Gasteiger charge is -2.18. The highest BCUT2D eigenvalue weighted by atomic mass is 35.5. The highest BCUT2D eigenvalue weighted by molar-refractivity contribution is 7.93. The molecule has 0 radical (unpaired) electrons. The molecule has 142 valence electrons. The first-order valence-corrected chi connectivity index (χ1v) is 12.2. The Morgan fingerprint density at radius 3 is 2.30 bits per heavy atom. The summed E-state index contributed by atoms with van der Waals surface area (Å²) in [6.45, 7) is -0.293. The predicted octanol–water partition coefficient (Wildman–Crippen LogP) is 3.90. The largest absolute Gasteiger partial charge is 0.240 e. The van der Waals surface area contributed by atoms with Crippen LogP contribution in [0.15, 0.2) is 81.2 Å². The Morgan fingerprint density at radius 1 is 0.926 bits per heavy atom. The standard InChI is InChI=1S/C18H16ClNO4S3/c19-15-8-4-9-16(12-15)27(23,24)20-13-17(14-6-2-1-3-7-14)26(21,22)18-10-5-11-25-18/h1-12,17,20H,13H2/t17-/m0/s1. The average Bonchev–Trinajstić information content (AvgIpc) is 3.18. The summed E-state index contributed by atoms with van der Waals surface area (Å²) in [6, 6.07) is 17.5. The fourth-order valence-electron chi connectivity index (χ4n) is 2.54. The van der Waals surface area contributed by atoms with Crippen molar-refractivity contribution in [2.45, 2.75) is 14.4 Å². The van der Waals surface area contributed by atoms with Gasteiger partial charge in [0.2, 0.25) is 10.0 Å². The third-order valence-corrected chi connectivity index (χ3v) is 9.07. The Labute approximate surface area is 167 Å². The molecular weight excluding hydrogens is 426 g/mol. The van der Waals surface area contributed by atoms with Crippen LogP contribution >= 0.6 is 22.9 Å². The van der Waals surface area contributed by atoms with Crippen molar-refractivity contribution in [2.24, 2.45) is 0 Å². The van der Waals surface area contributed by atoms with Crippen molar-refractivity contribution in [1.82, 2.24) is 4.72 Å². The van der Waals surface area contributed by atoms with E-state index in [1.165, 1.54) is 24.3 Å². The lowest BCUT2D eigenvalue weighted by molar-refractivity contribution is 0.570. The van der Waals surface area contributed by atoms with E-state index in [0.29, 0.717) is 5.56 Å². The van der Waals surface area contributed by atoms with Crippen molar-refractivity contribution in [3.05, 3.63) is 82.7 Å². The lowest BCUT2D eigenvalue weighted by Crippen LogP contribution is -2.31. The molecule has 0 aliphatic heterocycles. The predicted molar refractivity (Wildman–Crippen MR) is 107 cm³/mol. The third-order valence-electron chi connectivity index (χ3n) is 3.89. The third kappa shape index (κ3) is 4.59. The van der Waals surface area contributed by atoms with Crippen LogP contribution in [0.25, 0.3) is 0 Å². The molecule has 0 aliphatic rings. The fourth-order valence-corrected chi connectivity index (χ4v) is 6.86. The van der Waals surface area contributed by atoms with E-state index in [1.807, 2.05) is 0 Å². The molecule has 27 heavy (non-hydrogen) atoms. The van der Waals surface area contributed by atoms with Crippen molar-refractivity contribution >= 4 is 42.8 Å². The molecule has 0 amide bonds. The molecule has 0 unspecified atom stereocenters. The summed E-state index contributed by atoms with van der Waals surface area (Å²) in [4.78, 5) is -0.0182. The van der Waals surface area contributed by atoms with E-state index >= 15 is 0 Å². The summed E-state index contributed by atoms with van der Waals surface area (Å²) < 4.78 is 53.9. The van der Waals surface area contributed by atoms with Crippen molar-refractivity contribution < 1.29 is 16.8 Å². The molecule has 5 nitrogen and oxygen atoms in total. The number of nitrogens with one attached hydrogen (secondary N) is 1. The van der Waals surface area contributed by atoms with E-state index in [4.69, 9.17) is 11.6 Å². The second-order valence-corrected chi connectivity index (χ2v) is 11.2. The molecule has 0 aliphatic carbocycles. The van der Waals surface area contributed by atoms with Crippen LogP contribution in [0.1, 0.15) is 10.8 Å². The number of halogens is 1. The highest BCUT2D eigenvalue weighted by Gasteiger charge is 2.31. The van der Waals surface area contributed by atoms with Crippen LogP contribution in [0.4, 0.5) is 0 Å². The normalized spacial score (nSPS) is 13.4. The van der Waals surface area contributed by atoms with Crippen molar-refractivity contribution in [2.75, 3.05) is 6.54 Å². The molecule has 3 aromatic rings. The van der Waals surface area contributed by atoms with Crippen LogP contribution in [0, 0.1) is 0 Å². The Kier molecular flexibility index (Phi) is 6.02. The first-order chi connectivity index (χ1) is 12.8. The van der Waals surface area contributed by atoms with E-state index in [-0.39, 0.29) is 20.7 Å². The van der Waals surface area contributed by atoms with Gasteiger partial charge in [-0.1, -0.05) is 54.1 Å². The van der Waals surface area contributed by atoms with Crippen LogP contribution in [-0.2, 0) is 19.9 Å². The zero-order chi connectivity index (χ0) is 19.5. The van der Waals surface area contributed by atoms with Gasteiger partial charge in [-0.25, -0.2) is 21.6 Å². The van der Waals surface area contributed by atoms with Crippen LogP contribution in [-0.4, -0.2) is 23.4 Å². The molecule has 1 N–H and O–H groups in total. The Bertz CT molecular complexity index is 1110. The molecule has 3 rings (SSSR count). The maximum atomic E-state index is 13.1. The molecule has 0 spiro atoms. The van der Waals surface area contributed by atoms with Gasteiger partial charge in [0.05, 0.1) is 4.90 Å². The van der Waals surface area contributed by atoms with Gasteiger partial charge in [-0.2, -0.15) is 0 Å². The van der Waals surface area contributed by atoms with Crippen molar-refractivity contribution in [3.63, 3.8) is 0 Å². The molecule has 2 aromatic carbocycles. The summed E-state index contributed by atoms with van der Waals surface area (Å²) in [5, 5.41) is 0.903. The Balaban J connectivity index is 1.93. The average molecular weight is 442 g/mol. The molecule has 0 fully saturated rings. The molecule has 9 heteroatoms. The van der Waals surface area contributed by atoms with Gasteiger partial charge in [-0.15, -0.1) is 11.3 Å². The van der Waals surface area contributed by atoms with E-state index in [1.54, 1.807) is 47.8 Å². The molecule has 0 saturated heterocycles. The van der Waals surface area contributed by atoms with Gasteiger partial charge >= 0.3 is 0 Å². The minimum Gasteiger partial charge on any atom is -0.222 e. The van der Waals surface area contributed by atoms with Gasteiger partial charge in [-0.3, -0.25) is 0 Å². The number of sulfone groups is 1. The number of thiophene rings is 1. The quantitative estimate of drug-likeness (QED) is 0.603. The molecule has 1 aromatic heterocycles. The first kappa shape index (κ1) is 20.0. The van der Waals surface area contributed by atoms with Crippen LogP contribution in [0.2, 0.25) is 5.02 Å². The van der Waals surface area contributed by atoms with Crippen LogP contribution < -0.4 is 4.72 Å². The van der Waals surface area contributed by atoms with Gasteiger partial charge in [0, 0.05) is 11.6 Å². The number of benzene rings is 2. The van der Waals surface area contributed by atoms with Gasteiger partial charge in [0.15, 0.2) is 9.84 Å². The smallest absolute Gasteiger partial charge is 0.222 e. The van der Waals surface area contributed by atoms with Gasteiger partial charge in [-0.05, 0) is 35.2 Å². The SMILES string of the molecule is O=S(=O)(NC[C@@H](c1ccccc1)S(=O)(=O)c1cccs1)c1cccc(Cl)c1. The maximum Gasteiger partial charge on any atom is 0.240 e. The Morgan fingerprint density at radius 2 is 1.67 bits per heavy atom. The fraction of sp³-hybridized carbons (Fsp3) is 0.111. The van der Waals surface area contributed by atoms with E-state index < -0.39 is 25.1 Å². The second-order valence-electron chi connectivity index (χ2n) is 5.69. The van der Waals surface area contributed by atoms with Crippen molar-refractivity contribution in [1.29, 1.82) is 0 Å². The van der Waals surface area contributed by atoms with E-state index in [2.05, 4.69) is 4.72 Å². The first-order valence-electron chi connectivity index (χ1n) is 7.88. The molecule has 0 saturated carbocycles. The van der Waals surface area contributed by atoms with Crippen LogP contribution in [0.5, 0.6) is 0 Å². The lowest BCUT2D eigenvalue weighted by atomic mass is 10.1. The number of rotatable bonds is 7. The topological polar surface area (TPSA) is 80.3 Å². The maximum absolute atomic E-state index is 13.1. The number of hydrogen-bond acceptors (Lipinski definition) is 5. The van der Waals surface area contributed by atoms with Crippen molar-refractivity contribution in [3.8, 4) is 0 Å². The van der Waals surface area contributed by atoms with Crippen LogP contribution in [0.3, 0.4) is 0 Å². The molecule has 1 heterocycles. The van der Waals surface area contributed by atoms with Gasteiger partial charge in [0.1, 0.15) is 9.46 Å². The zero-order valence-electron chi connectivity index (χ0n) is 13.9. The zero-order valence-corrected chi connectivity index (χ0v) is 17.2. The minimum atomic E-state index is -3.91. The molecule has 0 bridgehead atoms. The summed E-state index contributed by atoms with van der Waals surface area (Å²) >= 11 is 6.96. The molecular formula is C18H16ClNO4S3. The number of sulfonamides is 1. The number of hydrogen-bond donors (Lipinski definition) is 1. The highest BCUT2D eigenvalue weighted by Crippen LogP contribution is 2.31. The molecule has 1 atom stereocenters. The monoisotopic (exact) mass is 441 g/mol. The van der Waals surface area contributed by atoms with Gasteiger partial charge in [0.25, 0.3) is 0 Å². The second kappa shape index (κ2) is 8.12. The van der Waals surface area contributed by atoms with Gasteiger partial charge < -0.3 is 0 Å². The van der Waals surface area contributed by atoms with E-state index in [0.717, 1.165) is 11.3 Å².